The molecule has 1 unspecified atom stereocenters. The van der Waals surface area contributed by atoms with Gasteiger partial charge in [0.15, 0.2) is 6.29 Å². The molecule has 0 aliphatic carbocycles. The number of hydrogen-bond acceptors (Lipinski definition) is 18. The van der Waals surface area contributed by atoms with Crippen LogP contribution in [0.25, 0.3) is 0 Å². The van der Waals surface area contributed by atoms with Crippen LogP contribution >= 0.6 is 0 Å². The highest BCUT2D eigenvalue weighted by molar-refractivity contribution is 5.74. The largest absolute Gasteiger partial charge is 0.462 e. The highest BCUT2D eigenvalue weighted by Gasteiger charge is 2.48. The molecule has 2 saturated heterocycles. The lowest BCUT2D eigenvalue weighted by atomic mass is 9.83. The van der Waals surface area contributed by atoms with Crippen molar-refractivity contribution >= 4 is 11.9 Å². The third-order valence-corrected chi connectivity index (χ3v) is 13.3. The van der Waals surface area contributed by atoms with Crippen LogP contribution in [0.3, 0.4) is 0 Å². The van der Waals surface area contributed by atoms with E-state index in [0.29, 0.717) is 5.56 Å². The number of esters is 2. The molecule has 12 N–H and O–H groups in total. The summed E-state index contributed by atoms with van der Waals surface area (Å²) in [5.74, 6) is -3.64. The Morgan fingerprint density at radius 2 is 1.19 bits per heavy atom. The molecule has 3 aliphatic heterocycles. The lowest BCUT2D eigenvalue weighted by Gasteiger charge is -2.43. The van der Waals surface area contributed by atoms with E-state index in [1.807, 2.05) is 43.4 Å². The second-order valence-electron chi connectivity index (χ2n) is 19.2. The summed E-state index contributed by atoms with van der Waals surface area (Å²) in [5.41, 5.74) is 6.80. The van der Waals surface area contributed by atoms with Gasteiger partial charge < -0.3 is 80.5 Å². The van der Waals surface area contributed by atoms with Crippen molar-refractivity contribution in [1.82, 2.24) is 0 Å². The van der Waals surface area contributed by atoms with Crippen LogP contribution in [0.1, 0.15) is 78.2 Å². The molecule has 3 heterocycles. The Labute approximate surface area is 422 Å². The Morgan fingerprint density at radius 3 is 1.82 bits per heavy atom. The number of allylic oxidation sites excluding steroid dienone is 12. The van der Waals surface area contributed by atoms with Crippen LogP contribution < -0.4 is 5.73 Å². The standard InChI is InChI=1S/C54H79NO17/c1-32-20-16-13-11-9-7-5-6-8-10-12-14-19-23-39(71-54-52(66)48(55)50(64)35(4)70-54)28-44-47(53(67)68-31-36-21-17-15-18-22-36)42(60)30-45(72-44)51(65)43(61)29-41(59)40(58)25-24-37(56)26-38(57)27-46(62)69-34(3)33(2)49(32)63/h5-23,32-35,37-45,47-52,54,56-61,63-66H,24-31,55H2,1-4H3/t32-,33-,34-,35+,37+,38+,39-,40+,41+,42-,43-,44-,45?,47+,48-,49+,50+,51+,52-,54-/m0/s1. The molecule has 0 spiro atoms. The molecular formula is C54H79NO17. The molecule has 18 nitrogen and oxygen atoms in total. The van der Waals surface area contributed by atoms with E-state index in [1.165, 1.54) is 0 Å². The van der Waals surface area contributed by atoms with Crippen LogP contribution in [0.4, 0.5) is 0 Å². The average Bonchev–Trinajstić information content (AvgIpc) is 3.34. The minimum absolute atomic E-state index is 0.115. The van der Waals surface area contributed by atoms with E-state index in [9.17, 15) is 60.7 Å². The predicted octanol–water partition coefficient (Wildman–Crippen LogP) is 2.02. The average molecular weight is 1010 g/mol. The van der Waals surface area contributed by atoms with Crippen LogP contribution in [-0.4, -0.2) is 167 Å². The number of aliphatic hydroxyl groups is 10. The first-order valence-electron chi connectivity index (χ1n) is 24.9. The Balaban J connectivity index is 1.60. The number of carbonyl (C=O) groups is 2. The zero-order valence-electron chi connectivity index (χ0n) is 41.6. The van der Waals surface area contributed by atoms with Gasteiger partial charge in [0, 0.05) is 31.1 Å². The van der Waals surface area contributed by atoms with Gasteiger partial charge in [-0.1, -0.05) is 129 Å². The molecule has 1 aromatic carbocycles. The molecule has 1 aromatic rings. The minimum Gasteiger partial charge on any atom is -0.462 e. The molecule has 2 fully saturated rings. The molecule has 20 atom stereocenters. The number of ether oxygens (including phenoxy) is 5. The van der Waals surface area contributed by atoms with E-state index in [0.717, 1.165) is 0 Å². The first-order chi connectivity index (χ1) is 34.3. The van der Waals surface area contributed by atoms with Gasteiger partial charge in [-0.25, -0.2) is 0 Å². The Kier molecular flexibility index (Phi) is 25.9. The highest BCUT2D eigenvalue weighted by Crippen LogP contribution is 2.34. The van der Waals surface area contributed by atoms with Gasteiger partial charge >= 0.3 is 11.9 Å². The molecule has 2 bridgehead atoms. The summed E-state index contributed by atoms with van der Waals surface area (Å²) in [6, 6.07) is 7.72. The molecule has 18 heteroatoms. The fraction of sp³-hybridized carbons (Fsp3) is 0.593. The Bertz CT molecular complexity index is 1970. The topological polar surface area (TPSA) is 309 Å². The summed E-state index contributed by atoms with van der Waals surface area (Å²) in [4.78, 5) is 26.6. The first kappa shape index (κ1) is 60.3. The summed E-state index contributed by atoms with van der Waals surface area (Å²) in [5, 5.41) is 110. The molecule has 0 radical (unpaired) electrons. The Morgan fingerprint density at radius 1 is 0.597 bits per heavy atom. The summed E-state index contributed by atoms with van der Waals surface area (Å²) in [6.07, 6.45) is 1.91. The van der Waals surface area contributed by atoms with Crippen LogP contribution in [0.2, 0.25) is 0 Å². The van der Waals surface area contributed by atoms with Gasteiger partial charge in [-0.15, -0.1) is 0 Å². The third-order valence-electron chi connectivity index (χ3n) is 13.3. The first-order valence-corrected chi connectivity index (χ1v) is 24.9. The number of rotatable bonds is 5. The van der Waals surface area contributed by atoms with E-state index in [2.05, 4.69) is 0 Å². The molecular weight excluding hydrogens is 935 g/mol. The van der Waals surface area contributed by atoms with Crippen molar-refractivity contribution < 1.29 is 84.3 Å². The van der Waals surface area contributed by atoms with E-state index in [-0.39, 0.29) is 44.6 Å². The monoisotopic (exact) mass is 1010 g/mol. The van der Waals surface area contributed by atoms with Crippen molar-refractivity contribution in [2.75, 3.05) is 0 Å². The minimum atomic E-state index is -1.77. The maximum absolute atomic E-state index is 13.9. The fourth-order valence-corrected chi connectivity index (χ4v) is 8.67. The van der Waals surface area contributed by atoms with Crippen molar-refractivity contribution in [2.45, 2.75) is 183 Å². The summed E-state index contributed by atoms with van der Waals surface area (Å²) in [7, 11) is 0. The number of cyclic esters (lactones) is 1. The zero-order valence-corrected chi connectivity index (χ0v) is 41.6. The lowest BCUT2D eigenvalue weighted by molar-refractivity contribution is -0.280. The number of carbonyl (C=O) groups excluding carboxylic acids is 2. The third kappa shape index (κ3) is 19.6. The van der Waals surface area contributed by atoms with Gasteiger partial charge in [0.1, 0.15) is 30.8 Å². The van der Waals surface area contributed by atoms with Crippen LogP contribution in [0, 0.1) is 17.8 Å². The predicted molar refractivity (Wildman–Crippen MR) is 266 cm³/mol. The van der Waals surface area contributed by atoms with Crippen molar-refractivity contribution in [3.63, 3.8) is 0 Å². The van der Waals surface area contributed by atoms with Crippen molar-refractivity contribution in [1.29, 1.82) is 0 Å². The van der Waals surface area contributed by atoms with E-state index >= 15 is 0 Å². The van der Waals surface area contributed by atoms with Crippen LogP contribution in [-0.2, 0) is 39.9 Å². The number of benzene rings is 1. The maximum Gasteiger partial charge on any atom is 0.314 e. The van der Waals surface area contributed by atoms with Crippen molar-refractivity contribution in [3.05, 3.63) is 121 Å². The SMILES string of the molecule is C[C@@H]1[C@H](O)[C@@H](C)C=CC=CC=CC=CC=CC=CC=C[C@H](O[C@@H]2O[C@H](C)[C@@H](O)[C@H](N)[C@@H]2O)C[C@@H]2OC(C[C@H](O)[C@H]2C(=O)OCc2ccccc2)[C@H](O)[C@@H](O)C[C@@H](O)[C@H](O)CC[C@@H](O)C[C@@H](O)CC(=O)O[C@H]1C. The summed E-state index contributed by atoms with van der Waals surface area (Å²) < 4.78 is 29.5. The van der Waals surface area contributed by atoms with Gasteiger partial charge in [-0.05, 0) is 38.7 Å². The normalized spacial score (nSPS) is 39.0. The van der Waals surface area contributed by atoms with Gasteiger partial charge in [-0.2, -0.15) is 0 Å². The quantitative estimate of drug-likeness (QED) is 0.188. The number of hydrogen-bond donors (Lipinski definition) is 11. The van der Waals surface area contributed by atoms with Crippen LogP contribution in [0.5, 0.6) is 0 Å². The second-order valence-corrected chi connectivity index (χ2v) is 19.2. The van der Waals surface area contributed by atoms with Gasteiger partial charge in [0.2, 0.25) is 0 Å². The zero-order chi connectivity index (χ0) is 52.9. The van der Waals surface area contributed by atoms with Crippen LogP contribution in [0.15, 0.2) is 115 Å². The van der Waals surface area contributed by atoms with Crippen molar-refractivity contribution in [3.8, 4) is 0 Å². The van der Waals surface area contributed by atoms with Crippen molar-refractivity contribution in [2.24, 2.45) is 23.5 Å². The second kappa shape index (κ2) is 30.9. The van der Waals surface area contributed by atoms with E-state index in [4.69, 9.17) is 29.4 Å². The lowest BCUT2D eigenvalue weighted by Crippen LogP contribution is -2.61. The summed E-state index contributed by atoms with van der Waals surface area (Å²) >= 11 is 0. The number of aliphatic hydroxyl groups excluding tert-OH is 10. The molecule has 3 aliphatic rings. The smallest absolute Gasteiger partial charge is 0.314 e. The van der Waals surface area contributed by atoms with Gasteiger partial charge in [-0.3, -0.25) is 9.59 Å². The molecule has 0 amide bonds. The molecule has 402 valence electrons. The van der Waals surface area contributed by atoms with E-state index in [1.54, 1.807) is 99.7 Å². The molecule has 0 saturated carbocycles. The molecule has 72 heavy (non-hydrogen) atoms. The number of fused-ring (bicyclic) bond motifs is 2. The van der Waals surface area contributed by atoms with Gasteiger partial charge in [0.05, 0.1) is 85.7 Å². The number of nitrogens with two attached hydrogens (primary N) is 1. The Hall–Kier alpha value is -4.22. The molecule has 0 aromatic heterocycles. The van der Waals surface area contributed by atoms with Gasteiger partial charge in [0.25, 0.3) is 0 Å². The van der Waals surface area contributed by atoms with E-state index < -0.39 is 141 Å². The summed E-state index contributed by atoms with van der Waals surface area (Å²) in [6.45, 7) is 6.66. The maximum atomic E-state index is 13.9. The fourth-order valence-electron chi connectivity index (χ4n) is 8.67. The molecule has 4 rings (SSSR count). The highest BCUT2D eigenvalue weighted by atomic mass is 16.7.